The van der Waals surface area contributed by atoms with Crippen LogP contribution in [-0.4, -0.2) is 35.5 Å². The lowest BCUT2D eigenvalue weighted by atomic mass is 10.2. The number of hydrogen-bond donors (Lipinski definition) is 1. The molecule has 1 N–H and O–H groups in total. The third-order valence-electron chi connectivity index (χ3n) is 2.15. The second-order valence-electron chi connectivity index (χ2n) is 3.52. The van der Waals surface area contributed by atoms with Crippen LogP contribution < -0.4 is 0 Å². The summed E-state index contributed by atoms with van der Waals surface area (Å²) in [6.07, 6.45) is 0. The van der Waals surface area contributed by atoms with Gasteiger partial charge in [0.15, 0.2) is 5.82 Å². The van der Waals surface area contributed by atoms with Gasteiger partial charge in [0, 0.05) is 4.90 Å². The van der Waals surface area contributed by atoms with E-state index in [9.17, 15) is 9.00 Å². The molecule has 0 bridgehead atoms. The zero-order valence-corrected chi connectivity index (χ0v) is 10.3. The van der Waals surface area contributed by atoms with Crippen molar-refractivity contribution in [2.24, 2.45) is 7.05 Å². The Morgan fingerprint density at radius 3 is 2.89 bits per heavy atom. The fraction of sp³-hybridized carbons (Fsp3) is 0.200. The van der Waals surface area contributed by atoms with Crippen molar-refractivity contribution in [2.75, 3.05) is 0 Å². The molecule has 1 aromatic heterocycles. The van der Waals surface area contributed by atoms with Crippen LogP contribution in [0.15, 0.2) is 29.2 Å². The van der Waals surface area contributed by atoms with Gasteiger partial charge in [-0.25, -0.2) is 4.79 Å². The first-order chi connectivity index (χ1) is 8.56. The zero-order valence-electron chi connectivity index (χ0n) is 9.48. The van der Waals surface area contributed by atoms with Crippen molar-refractivity contribution in [1.29, 1.82) is 0 Å². The lowest BCUT2D eigenvalue weighted by molar-refractivity contribution is 0.0696. The number of carboxylic acid groups (broad SMARTS) is 1. The Morgan fingerprint density at radius 2 is 2.28 bits per heavy atom. The van der Waals surface area contributed by atoms with Crippen LogP contribution in [0, 0.1) is 0 Å². The van der Waals surface area contributed by atoms with Crippen molar-refractivity contribution in [2.45, 2.75) is 10.6 Å². The van der Waals surface area contributed by atoms with E-state index in [4.69, 9.17) is 5.11 Å². The Bertz CT molecular complexity index is 611. The summed E-state index contributed by atoms with van der Waals surface area (Å²) in [4.78, 5) is 12.5. The summed E-state index contributed by atoms with van der Waals surface area (Å²) in [5.41, 5.74) is 0.105. The maximum Gasteiger partial charge on any atom is 0.335 e. The molecule has 0 aliphatic rings. The van der Waals surface area contributed by atoms with Crippen LogP contribution in [0.3, 0.4) is 0 Å². The zero-order chi connectivity index (χ0) is 13.1. The van der Waals surface area contributed by atoms with Gasteiger partial charge < -0.3 is 5.11 Å². The molecule has 2 aromatic rings. The van der Waals surface area contributed by atoms with Crippen LogP contribution in [-0.2, 0) is 23.6 Å². The fourth-order valence-electron chi connectivity index (χ4n) is 1.35. The highest BCUT2D eigenvalue weighted by Gasteiger charge is 2.11. The second-order valence-corrected chi connectivity index (χ2v) is 4.97. The van der Waals surface area contributed by atoms with Crippen LogP contribution in [0.1, 0.15) is 16.2 Å². The van der Waals surface area contributed by atoms with Gasteiger partial charge in [0.1, 0.15) is 0 Å². The molecule has 0 saturated heterocycles. The lowest BCUT2D eigenvalue weighted by Gasteiger charge is -2.00. The summed E-state index contributed by atoms with van der Waals surface area (Å²) in [5, 5.41) is 20.1. The average molecular weight is 266 g/mol. The van der Waals surface area contributed by atoms with Gasteiger partial charge >= 0.3 is 5.97 Å². The third-order valence-corrected chi connectivity index (χ3v) is 3.45. The highest BCUT2D eigenvalue weighted by Crippen LogP contribution is 2.12. The number of aryl methyl sites for hydroxylation is 1. The molecule has 1 atom stereocenters. The molecular weight excluding hydrogens is 256 g/mol. The number of aromatic carboxylic acids is 1. The number of carboxylic acids is 1. The molecule has 1 unspecified atom stereocenters. The Labute approximate surface area is 105 Å². The van der Waals surface area contributed by atoms with E-state index < -0.39 is 16.8 Å². The number of hydrogen-bond acceptors (Lipinski definition) is 5. The maximum atomic E-state index is 12.0. The van der Waals surface area contributed by atoms with E-state index in [1.54, 1.807) is 19.2 Å². The van der Waals surface area contributed by atoms with Gasteiger partial charge in [-0.05, 0) is 23.4 Å². The van der Waals surface area contributed by atoms with E-state index in [1.165, 1.54) is 16.9 Å². The van der Waals surface area contributed by atoms with Gasteiger partial charge in [0.2, 0.25) is 0 Å². The molecule has 0 saturated carbocycles. The predicted molar refractivity (Wildman–Crippen MR) is 62.3 cm³/mol. The molecule has 7 nitrogen and oxygen atoms in total. The van der Waals surface area contributed by atoms with Gasteiger partial charge in [0.25, 0.3) is 0 Å². The SMILES string of the molecule is Cn1nnc(CS(=O)c2cccc(C(=O)O)c2)n1. The molecule has 0 radical (unpaired) electrons. The smallest absolute Gasteiger partial charge is 0.335 e. The summed E-state index contributed by atoms with van der Waals surface area (Å²) in [6.45, 7) is 0. The highest BCUT2D eigenvalue weighted by molar-refractivity contribution is 7.84. The van der Waals surface area contributed by atoms with Crippen molar-refractivity contribution in [1.82, 2.24) is 20.2 Å². The molecular formula is C10H10N4O3S. The van der Waals surface area contributed by atoms with E-state index in [0.717, 1.165) is 0 Å². The predicted octanol–water partition coefficient (Wildman–Crippen LogP) is 0.216. The summed E-state index contributed by atoms with van der Waals surface area (Å²) in [5.74, 6) is -0.584. The third kappa shape index (κ3) is 2.77. The van der Waals surface area contributed by atoms with E-state index in [1.807, 2.05) is 0 Å². The van der Waals surface area contributed by atoms with Crippen LogP contribution >= 0.6 is 0 Å². The molecule has 8 heteroatoms. The first-order valence-electron chi connectivity index (χ1n) is 5.01. The van der Waals surface area contributed by atoms with Crippen LogP contribution in [0.2, 0.25) is 0 Å². The van der Waals surface area contributed by atoms with Crippen LogP contribution in [0.5, 0.6) is 0 Å². The normalized spacial score (nSPS) is 12.3. The van der Waals surface area contributed by atoms with Gasteiger partial charge in [0.05, 0.1) is 29.2 Å². The molecule has 0 amide bonds. The Hall–Kier alpha value is -2.09. The molecule has 0 spiro atoms. The summed E-state index contributed by atoms with van der Waals surface area (Å²) in [6, 6.07) is 6.00. The van der Waals surface area contributed by atoms with Crippen LogP contribution in [0.25, 0.3) is 0 Å². The Balaban J connectivity index is 2.18. The van der Waals surface area contributed by atoms with E-state index >= 15 is 0 Å². The first-order valence-corrected chi connectivity index (χ1v) is 6.33. The Morgan fingerprint density at radius 1 is 1.50 bits per heavy atom. The second kappa shape index (κ2) is 5.05. The molecule has 0 fully saturated rings. The van der Waals surface area contributed by atoms with E-state index in [-0.39, 0.29) is 11.3 Å². The van der Waals surface area contributed by atoms with Crippen molar-refractivity contribution in [3.05, 3.63) is 35.7 Å². The standard InChI is InChI=1S/C10H10N4O3S/c1-14-12-9(11-13-14)6-18(17)8-4-2-3-7(5-8)10(15)16/h2-5H,6H2,1H3,(H,15,16). The largest absolute Gasteiger partial charge is 0.478 e. The number of rotatable bonds is 4. The van der Waals surface area contributed by atoms with Crippen molar-refractivity contribution in [3.63, 3.8) is 0 Å². The summed E-state index contributed by atoms with van der Waals surface area (Å²) < 4.78 is 12.0. The summed E-state index contributed by atoms with van der Waals surface area (Å²) in [7, 11) is 0.226. The number of benzene rings is 1. The topological polar surface area (TPSA) is 98.0 Å². The maximum absolute atomic E-state index is 12.0. The number of aromatic nitrogens is 4. The monoisotopic (exact) mass is 266 g/mol. The molecule has 18 heavy (non-hydrogen) atoms. The first kappa shape index (κ1) is 12.4. The quantitative estimate of drug-likeness (QED) is 0.849. The highest BCUT2D eigenvalue weighted by atomic mass is 32.2. The minimum atomic E-state index is -1.39. The molecule has 1 aromatic carbocycles. The summed E-state index contributed by atoms with van der Waals surface area (Å²) >= 11 is 0. The van der Waals surface area contributed by atoms with Crippen molar-refractivity contribution in [3.8, 4) is 0 Å². The van der Waals surface area contributed by atoms with Crippen molar-refractivity contribution < 1.29 is 14.1 Å². The molecule has 1 heterocycles. The number of nitrogens with zero attached hydrogens (tertiary/aromatic N) is 4. The van der Waals surface area contributed by atoms with Gasteiger partial charge in [-0.2, -0.15) is 4.80 Å². The minimum absolute atomic E-state index is 0.105. The number of tetrazole rings is 1. The molecule has 2 rings (SSSR count). The van der Waals surface area contributed by atoms with Gasteiger partial charge in [-0.3, -0.25) is 4.21 Å². The van der Waals surface area contributed by atoms with Crippen molar-refractivity contribution >= 4 is 16.8 Å². The minimum Gasteiger partial charge on any atom is -0.478 e. The van der Waals surface area contributed by atoms with Crippen LogP contribution in [0.4, 0.5) is 0 Å². The molecule has 0 aliphatic carbocycles. The van der Waals surface area contributed by atoms with Gasteiger partial charge in [-0.15, -0.1) is 10.2 Å². The lowest BCUT2D eigenvalue weighted by Crippen LogP contribution is -2.02. The van der Waals surface area contributed by atoms with Gasteiger partial charge in [-0.1, -0.05) is 6.07 Å². The Kier molecular flexibility index (Phi) is 3.47. The molecule has 94 valence electrons. The number of carbonyl (C=O) groups is 1. The molecule has 0 aliphatic heterocycles. The average Bonchev–Trinajstić information content (AvgIpc) is 2.75. The fourth-order valence-corrected chi connectivity index (χ4v) is 2.36. The van der Waals surface area contributed by atoms with E-state index in [2.05, 4.69) is 15.4 Å². The van der Waals surface area contributed by atoms with E-state index in [0.29, 0.717) is 10.7 Å².